The van der Waals surface area contributed by atoms with E-state index in [0.717, 1.165) is 51.4 Å². The Hall–Kier alpha value is -1.59. The summed E-state index contributed by atoms with van der Waals surface area (Å²) in [5.41, 5.74) is 0. The van der Waals surface area contributed by atoms with E-state index >= 15 is 0 Å². The lowest BCUT2D eigenvalue weighted by Crippen LogP contribution is -2.60. The second kappa shape index (κ2) is 57.6. The lowest BCUT2D eigenvalue weighted by Gasteiger charge is -2.40. The van der Waals surface area contributed by atoms with Gasteiger partial charge in [0, 0.05) is 6.42 Å². The Labute approximate surface area is 476 Å². The van der Waals surface area contributed by atoms with Gasteiger partial charge in [-0.1, -0.05) is 314 Å². The Balaban J connectivity index is 2.08. The maximum absolute atomic E-state index is 13.1. The van der Waals surface area contributed by atoms with Gasteiger partial charge in [-0.15, -0.1) is 0 Å². The summed E-state index contributed by atoms with van der Waals surface area (Å²) in [6, 6.07) is -0.718. The zero-order valence-electron chi connectivity index (χ0n) is 50.7. The van der Waals surface area contributed by atoms with Crippen LogP contribution in [-0.2, 0) is 14.3 Å². The van der Waals surface area contributed by atoms with Crippen molar-refractivity contribution in [2.45, 2.75) is 378 Å². The number of amides is 1. The van der Waals surface area contributed by atoms with Crippen LogP contribution in [-0.4, -0.2) is 87.5 Å². The predicted molar refractivity (Wildman–Crippen MR) is 327 cm³/mol. The van der Waals surface area contributed by atoms with Crippen LogP contribution in [0.1, 0.15) is 335 Å². The van der Waals surface area contributed by atoms with E-state index in [9.17, 15) is 30.3 Å². The van der Waals surface area contributed by atoms with E-state index < -0.39 is 49.5 Å². The van der Waals surface area contributed by atoms with Crippen molar-refractivity contribution >= 4 is 5.91 Å². The van der Waals surface area contributed by atoms with Crippen LogP contribution in [0.2, 0.25) is 0 Å². The van der Waals surface area contributed by atoms with Gasteiger partial charge < -0.3 is 40.3 Å². The molecular weight excluding hydrogens is 959 g/mol. The monoisotopic (exact) mass is 1090 g/mol. The molecule has 454 valence electrons. The fraction of sp³-hybridized carbons (Fsp3) is 0.897. The third-order valence-electron chi connectivity index (χ3n) is 16.2. The van der Waals surface area contributed by atoms with Crippen LogP contribution in [0.25, 0.3) is 0 Å². The van der Waals surface area contributed by atoms with Crippen LogP contribution in [0.15, 0.2) is 36.5 Å². The van der Waals surface area contributed by atoms with Crippen molar-refractivity contribution < 1.29 is 39.8 Å². The van der Waals surface area contributed by atoms with Gasteiger partial charge in [-0.25, -0.2) is 0 Å². The molecule has 0 aliphatic carbocycles. The molecule has 77 heavy (non-hydrogen) atoms. The van der Waals surface area contributed by atoms with Crippen molar-refractivity contribution in [3.05, 3.63) is 36.5 Å². The molecule has 0 aromatic carbocycles. The first-order chi connectivity index (χ1) is 37.8. The summed E-state index contributed by atoms with van der Waals surface area (Å²) in [5, 5.41) is 54.8. The normalized spacial score (nSPS) is 18.9. The number of carbonyl (C=O) groups is 1. The Bertz CT molecular complexity index is 1310. The van der Waals surface area contributed by atoms with Crippen LogP contribution in [0.5, 0.6) is 0 Å². The molecule has 6 N–H and O–H groups in total. The minimum absolute atomic E-state index is 0.134. The van der Waals surface area contributed by atoms with E-state index in [0.29, 0.717) is 12.8 Å². The zero-order chi connectivity index (χ0) is 55.8. The Morgan fingerprint density at radius 2 is 0.766 bits per heavy atom. The molecule has 7 unspecified atom stereocenters. The molecule has 1 amide bonds. The molecule has 0 aromatic rings. The second-order valence-corrected chi connectivity index (χ2v) is 23.6. The number of allylic oxidation sites excluding steroid dienone is 6. The molecule has 0 spiro atoms. The molecule has 0 saturated carbocycles. The van der Waals surface area contributed by atoms with Crippen LogP contribution in [0.3, 0.4) is 0 Å². The Kier molecular flexibility index (Phi) is 55.0. The van der Waals surface area contributed by atoms with Gasteiger partial charge in [0.15, 0.2) is 6.29 Å². The van der Waals surface area contributed by atoms with Crippen LogP contribution in [0, 0.1) is 0 Å². The van der Waals surface area contributed by atoms with Crippen LogP contribution in [0.4, 0.5) is 0 Å². The second-order valence-electron chi connectivity index (χ2n) is 23.6. The smallest absolute Gasteiger partial charge is 0.220 e. The van der Waals surface area contributed by atoms with E-state index in [1.807, 2.05) is 0 Å². The number of rotatable bonds is 59. The average molecular weight is 1090 g/mol. The van der Waals surface area contributed by atoms with E-state index in [-0.39, 0.29) is 12.5 Å². The quantitative estimate of drug-likeness (QED) is 0.0261. The van der Waals surface area contributed by atoms with Gasteiger partial charge in [0.05, 0.1) is 25.4 Å². The number of nitrogens with one attached hydrogen (secondary N) is 1. The molecule has 0 radical (unpaired) electrons. The molecule has 0 bridgehead atoms. The highest BCUT2D eigenvalue weighted by Crippen LogP contribution is 2.24. The molecule has 9 heteroatoms. The molecular formula is C68H129NO8. The summed E-state index contributed by atoms with van der Waals surface area (Å²) in [7, 11) is 0. The summed E-state index contributed by atoms with van der Waals surface area (Å²) in [5.74, 6) is -0.138. The number of hydrogen-bond acceptors (Lipinski definition) is 8. The first kappa shape index (κ1) is 73.4. The Morgan fingerprint density at radius 1 is 0.442 bits per heavy atom. The first-order valence-corrected chi connectivity index (χ1v) is 33.7. The number of unbranched alkanes of at least 4 members (excludes halogenated alkanes) is 43. The number of aliphatic hydroxyl groups excluding tert-OH is 5. The highest BCUT2D eigenvalue weighted by Gasteiger charge is 2.44. The lowest BCUT2D eigenvalue weighted by molar-refractivity contribution is -0.302. The number of aliphatic hydroxyl groups is 5. The molecule has 1 aliphatic heterocycles. The zero-order valence-corrected chi connectivity index (χ0v) is 50.7. The number of ether oxygens (including phenoxy) is 2. The highest BCUT2D eigenvalue weighted by atomic mass is 16.7. The summed E-state index contributed by atoms with van der Waals surface area (Å²) in [6.45, 7) is 3.87. The summed E-state index contributed by atoms with van der Waals surface area (Å²) >= 11 is 0. The summed E-state index contributed by atoms with van der Waals surface area (Å²) < 4.78 is 11.4. The van der Waals surface area contributed by atoms with E-state index in [1.54, 1.807) is 0 Å². The van der Waals surface area contributed by atoms with Crippen LogP contribution >= 0.6 is 0 Å². The molecule has 1 saturated heterocycles. The first-order valence-electron chi connectivity index (χ1n) is 33.7. The van der Waals surface area contributed by atoms with Gasteiger partial charge in [-0.2, -0.15) is 0 Å². The standard InChI is InChI=1S/C68H129NO8/c1-3-5-7-9-11-13-15-17-19-21-23-24-25-26-27-28-29-30-31-32-33-34-35-36-37-38-40-42-44-46-48-50-52-54-56-58-64(72)69-61(60-76-68-67(75)66(74)65(73)63(59-70)77-68)62(71)57-55-53-51-49-47-45-43-41-39-22-20-18-16-14-12-10-8-6-4-2/h15,17,21,23,25-26,61-63,65-68,70-71,73-75H,3-14,16,18-20,22,24,27-60H2,1-2H3,(H,69,72)/b17-15-,23-21-,26-25-. The highest BCUT2D eigenvalue weighted by molar-refractivity contribution is 5.76. The lowest BCUT2D eigenvalue weighted by atomic mass is 9.99. The fourth-order valence-electron chi connectivity index (χ4n) is 10.9. The Morgan fingerprint density at radius 3 is 1.13 bits per heavy atom. The maximum Gasteiger partial charge on any atom is 0.220 e. The fourth-order valence-corrected chi connectivity index (χ4v) is 10.9. The third-order valence-corrected chi connectivity index (χ3v) is 16.2. The van der Waals surface area contributed by atoms with Crippen molar-refractivity contribution in [3.8, 4) is 0 Å². The molecule has 7 atom stereocenters. The van der Waals surface area contributed by atoms with Gasteiger partial charge in [0.2, 0.25) is 5.91 Å². The largest absolute Gasteiger partial charge is 0.394 e. The van der Waals surface area contributed by atoms with E-state index in [1.165, 1.54) is 257 Å². The molecule has 1 aliphatic rings. The number of hydrogen-bond donors (Lipinski definition) is 6. The molecule has 1 heterocycles. The molecule has 1 rings (SSSR count). The summed E-state index contributed by atoms with van der Waals surface area (Å²) in [6.07, 6.45) is 69.2. The van der Waals surface area contributed by atoms with Gasteiger partial charge in [-0.3, -0.25) is 4.79 Å². The predicted octanol–water partition coefficient (Wildman–Crippen LogP) is 17.9. The van der Waals surface area contributed by atoms with E-state index in [4.69, 9.17) is 9.47 Å². The van der Waals surface area contributed by atoms with Gasteiger partial charge in [-0.05, 0) is 51.4 Å². The minimum Gasteiger partial charge on any atom is -0.394 e. The maximum atomic E-state index is 13.1. The van der Waals surface area contributed by atoms with Gasteiger partial charge in [0.1, 0.15) is 24.4 Å². The summed E-state index contributed by atoms with van der Waals surface area (Å²) in [4.78, 5) is 13.1. The molecule has 9 nitrogen and oxygen atoms in total. The molecule has 1 fully saturated rings. The minimum atomic E-state index is -1.55. The van der Waals surface area contributed by atoms with Crippen molar-refractivity contribution in [3.63, 3.8) is 0 Å². The molecule has 0 aromatic heterocycles. The van der Waals surface area contributed by atoms with Gasteiger partial charge >= 0.3 is 0 Å². The van der Waals surface area contributed by atoms with Crippen molar-refractivity contribution in [2.24, 2.45) is 0 Å². The van der Waals surface area contributed by atoms with Crippen molar-refractivity contribution in [1.82, 2.24) is 5.32 Å². The third kappa shape index (κ3) is 46.7. The van der Waals surface area contributed by atoms with Crippen LogP contribution < -0.4 is 5.32 Å². The SMILES string of the molecule is CCCCCCC/C=C\C/C=C\C/C=C\CCCCCCCCCCCCCCCCCCCCCCC(=O)NC(COC1OC(CO)C(O)C(O)C1O)C(O)CCCCCCCCCCCCCCCCCCCCC. The van der Waals surface area contributed by atoms with E-state index in [2.05, 4.69) is 55.6 Å². The van der Waals surface area contributed by atoms with Gasteiger partial charge in [0.25, 0.3) is 0 Å². The average Bonchev–Trinajstić information content (AvgIpc) is 3.43. The number of carbonyl (C=O) groups excluding carboxylic acids is 1. The van der Waals surface area contributed by atoms with Crippen molar-refractivity contribution in [2.75, 3.05) is 13.2 Å². The van der Waals surface area contributed by atoms with Crippen molar-refractivity contribution in [1.29, 1.82) is 0 Å². The topological polar surface area (TPSA) is 149 Å².